The van der Waals surface area contributed by atoms with Crippen LogP contribution in [0.5, 0.6) is 0 Å². The van der Waals surface area contributed by atoms with Gasteiger partial charge in [0.05, 0.1) is 6.10 Å². The molecular formula is C13H26N2O2. The van der Waals surface area contributed by atoms with E-state index in [1.807, 2.05) is 11.8 Å². The van der Waals surface area contributed by atoms with E-state index in [9.17, 15) is 9.90 Å². The lowest BCUT2D eigenvalue weighted by Gasteiger charge is -2.39. The summed E-state index contributed by atoms with van der Waals surface area (Å²) in [5, 5.41) is 13.2. The highest BCUT2D eigenvalue weighted by molar-refractivity contribution is 5.73. The number of carbonyl (C=O) groups is 1. The van der Waals surface area contributed by atoms with Crippen LogP contribution in [0.3, 0.4) is 0 Å². The van der Waals surface area contributed by atoms with Crippen molar-refractivity contribution in [3.8, 4) is 0 Å². The monoisotopic (exact) mass is 242 g/mol. The zero-order valence-corrected chi connectivity index (χ0v) is 11.4. The summed E-state index contributed by atoms with van der Waals surface area (Å²) in [6, 6.07) is 0.314. The van der Waals surface area contributed by atoms with Crippen molar-refractivity contribution in [1.82, 2.24) is 10.2 Å². The second-order valence-corrected chi connectivity index (χ2v) is 5.66. The minimum absolute atomic E-state index is 0.103. The number of aliphatic hydroxyl groups is 1. The molecule has 0 aromatic rings. The first-order chi connectivity index (χ1) is 7.90. The average Bonchev–Trinajstić information content (AvgIpc) is 2.25. The molecule has 1 fully saturated rings. The molecule has 4 heteroatoms. The van der Waals surface area contributed by atoms with Crippen LogP contribution in [0.2, 0.25) is 0 Å². The van der Waals surface area contributed by atoms with Gasteiger partial charge >= 0.3 is 0 Å². The third-order valence-corrected chi connectivity index (χ3v) is 3.43. The summed E-state index contributed by atoms with van der Waals surface area (Å²) < 4.78 is 0. The van der Waals surface area contributed by atoms with Crippen LogP contribution in [0.1, 0.15) is 34.1 Å². The first kappa shape index (κ1) is 14.5. The molecule has 0 spiro atoms. The van der Waals surface area contributed by atoms with Crippen LogP contribution in [0.15, 0.2) is 0 Å². The topological polar surface area (TPSA) is 52.6 Å². The van der Waals surface area contributed by atoms with Gasteiger partial charge in [0.1, 0.15) is 0 Å². The summed E-state index contributed by atoms with van der Waals surface area (Å²) in [6.07, 6.45) is 0.606. The summed E-state index contributed by atoms with van der Waals surface area (Å²) in [5.41, 5.74) is 0. The third-order valence-electron chi connectivity index (χ3n) is 3.43. The molecule has 100 valence electrons. The maximum absolute atomic E-state index is 11.5. The van der Waals surface area contributed by atoms with Crippen molar-refractivity contribution >= 4 is 5.91 Å². The van der Waals surface area contributed by atoms with E-state index in [2.05, 4.69) is 19.2 Å². The Morgan fingerprint density at radius 1 is 1.41 bits per heavy atom. The lowest BCUT2D eigenvalue weighted by Crippen LogP contribution is -2.53. The Kier molecular flexibility index (Phi) is 5.40. The fourth-order valence-electron chi connectivity index (χ4n) is 2.30. The Hall–Kier alpha value is -0.610. The predicted octanol–water partition coefficient (Wildman–Crippen LogP) is 0.850. The van der Waals surface area contributed by atoms with Gasteiger partial charge in [-0.05, 0) is 25.8 Å². The first-order valence-electron chi connectivity index (χ1n) is 6.57. The molecule has 0 aromatic carbocycles. The Labute approximate surface area is 104 Å². The molecule has 0 bridgehead atoms. The van der Waals surface area contributed by atoms with Crippen molar-refractivity contribution in [3.05, 3.63) is 0 Å². The molecule has 1 heterocycles. The number of hydrogen-bond acceptors (Lipinski definition) is 3. The van der Waals surface area contributed by atoms with Gasteiger partial charge in [0.15, 0.2) is 0 Å². The number of rotatable bonds is 4. The standard InChI is InChI=1S/C13H26N2O2/c1-9(2)6-14-13-5-12(10(3)16)7-15(8-13)11(4)17/h9-10,12-14,16H,5-8H2,1-4H3. The van der Waals surface area contributed by atoms with Crippen molar-refractivity contribution in [2.75, 3.05) is 19.6 Å². The second-order valence-electron chi connectivity index (χ2n) is 5.66. The zero-order valence-electron chi connectivity index (χ0n) is 11.4. The fraction of sp³-hybridized carbons (Fsp3) is 0.923. The van der Waals surface area contributed by atoms with E-state index in [-0.39, 0.29) is 17.9 Å². The Bertz CT molecular complexity index is 254. The minimum atomic E-state index is -0.347. The molecule has 2 N–H and O–H groups in total. The van der Waals surface area contributed by atoms with Crippen LogP contribution >= 0.6 is 0 Å². The zero-order chi connectivity index (χ0) is 13.0. The molecule has 4 nitrogen and oxygen atoms in total. The van der Waals surface area contributed by atoms with Crippen LogP contribution in [0, 0.1) is 11.8 Å². The number of nitrogens with zero attached hydrogens (tertiary/aromatic N) is 1. The van der Waals surface area contributed by atoms with Gasteiger partial charge in [-0.1, -0.05) is 13.8 Å². The lowest BCUT2D eigenvalue weighted by molar-refractivity contribution is -0.132. The molecule has 1 saturated heterocycles. The maximum atomic E-state index is 11.5. The SMILES string of the molecule is CC(=O)N1CC(NCC(C)C)CC(C(C)O)C1. The molecule has 0 aliphatic carbocycles. The Balaban J connectivity index is 2.55. The van der Waals surface area contributed by atoms with Gasteiger partial charge in [-0.15, -0.1) is 0 Å². The van der Waals surface area contributed by atoms with Crippen molar-refractivity contribution in [2.45, 2.75) is 46.3 Å². The van der Waals surface area contributed by atoms with E-state index in [0.29, 0.717) is 18.5 Å². The summed E-state index contributed by atoms with van der Waals surface area (Å²) in [6.45, 7) is 10.2. The number of piperidine rings is 1. The molecule has 17 heavy (non-hydrogen) atoms. The van der Waals surface area contributed by atoms with Crippen LogP contribution in [-0.4, -0.2) is 47.7 Å². The van der Waals surface area contributed by atoms with Crippen LogP contribution in [0.25, 0.3) is 0 Å². The number of aliphatic hydroxyl groups excluding tert-OH is 1. The summed E-state index contributed by atoms with van der Waals surface area (Å²) in [7, 11) is 0. The molecule has 1 rings (SSSR count). The van der Waals surface area contributed by atoms with Gasteiger partial charge in [0.25, 0.3) is 0 Å². The van der Waals surface area contributed by atoms with Crippen molar-refractivity contribution in [1.29, 1.82) is 0 Å². The molecule has 0 radical (unpaired) electrons. The normalized spacial score (nSPS) is 27.3. The molecular weight excluding hydrogens is 216 g/mol. The molecule has 3 atom stereocenters. The van der Waals surface area contributed by atoms with Gasteiger partial charge in [-0.25, -0.2) is 0 Å². The van der Waals surface area contributed by atoms with E-state index in [0.717, 1.165) is 19.5 Å². The maximum Gasteiger partial charge on any atom is 0.219 e. The Morgan fingerprint density at radius 3 is 2.53 bits per heavy atom. The van der Waals surface area contributed by atoms with Crippen molar-refractivity contribution < 1.29 is 9.90 Å². The van der Waals surface area contributed by atoms with Crippen LogP contribution < -0.4 is 5.32 Å². The highest BCUT2D eigenvalue weighted by Crippen LogP contribution is 2.20. The number of likely N-dealkylation sites (tertiary alicyclic amines) is 1. The van der Waals surface area contributed by atoms with Gasteiger partial charge in [0, 0.05) is 32.0 Å². The highest BCUT2D eigenvalue weighted by Gasteiger charge is 2.30. The number of carbonyl (C=O) groups excluding carboxylic acids is 1. The Morgan fingerprint density at radius 2 is 2.06 bits per heavy atom. The number of amides is 1. The average molecular weight is 242 g/mol. The van der Waals surface area contributed by atoms with E-state index in [1.165, 1.54) is 0 Å². The third kappa shape index (κ3) is 4.64. The molecule has 0 saturated carbocycles. The van der Waals surface area contributed by atoms with Gasteiger partial charge in [-0.3, -0.25) is 4.79 Å². The van der Waals surface area contributed by atoms with Gasteiger partial charge in [-0.2, -0.15) is 0 Å². The van der Waals surface area contributed by atoms with E-state index < -0.39 is 0 Å². The van der Waals surface area contributed by atoms with Gasteiger partial charge in [0.2, 0.25) is 5.91 Å². The number of hydrogen-bond donors (Lipinski definition) is 2. The van der Waals surface area contributed by atoms with Crippen LogP contribution in [0.4, 0.5) is 0 Å². The minimum Gasteiger partial charge on any atom is -0.393 e. The van der Waals surface area contributed by atoms with E-state index >= 15 is 0 Å². The molecule has 0 aromatic heterocycles. The quantitative estimate of drug-likeness (QED) is 0.768. The summed E-state index contributed by atoms with van der Waals surface area (Å²) >= 11 is 0. The lowest BCUT2D eigenvalue weighted by atomic mass is 9.90. The second kappa shape index (κ2) is 6.36. The summed E-state index contributed by atoms with van der Waals surface area (Å²) in [4.78, 5) is 13.3. The molecule has 1 aliphatic rings. The molecule has 1 amide bonds. The van der Waals surface area contributed by atoms with E-state index in [1.54, 1.807) is 6.92 Å². The smallest absolute Gasteiger partial charge is 0.219 e. The highest BCUT2D eigenvalue weighted by atomic mass is 16.3. The van der Waals surface area contributed by atoms with E-state index in [4.69, 9.17) is 0 Å². The first-order valence-corrected chi connectivity index (χ1v) is 6.57. The molecule has 3 unspecified atom stereocenters. The summed E-state index contributed by atoms with van der Waals surface area (Å²) in [5.74, 6) is 0.900. The van der Waals surface area contributed by atoms with Crippen LogP contribution in [-0.2, 0) is 4.79 Å². The number of nitrogens with one attached hydrogen (secondary N) is 1. The fourth-order valence-corrected chi connectivity index (χ4v) is 2.30. The van der Waals surface area contributed by atoms with Gasteiger partial charge < -0.3 is 15.3 Å². The van der Waals surface area contributed by atoms with Crippen molar-refractivity contribution in [3.63, 3.8) is 0 Å². The predicted molar refractivity (Wildman–Crippen MR) is 68.7 cm³/mol. The van der Waals surface area contributed by atoms with Crippen molar-refractivity contribution in [2.24, 2.45) is 11.8 Å². The largest absolute Gasteiger partial charge is 0.393 e. The molecule has 1 aliphatic heterocycles.